The van der Waals surface area contributed by atoms with Crippen molar-refractivity contribution in [1.82, 2.24) is 9.78 Å². The Morgan fingerprint density at radius 2 is 2.10 bits per heavy atom. The lowest BCUT2D eigenvalue weighted by molar-refractivity contribution is 0.0692. The zero-order chi connectivity index (χ0) is 14.5. The van der Waals surface area contributed by atoms with Crippen LogP contribution in [0.3, 0.4) is 0 Å². The Hall–Kier alpha value is -2.56. The molecule has 2 rings (SSSR count). The molecule has 1 aromatic carbocycles. The van der Waals surface area contributed by atoms with Gasteiger partial charge >= 0.3 is 5.97 Å². The van der Waals surface area contributed by atoms with Crippen molar-refractivity contribution in [1.29, 1.82) is 0 Å². The molecular formula is C15H16N2O3. The van der Waals surface area contributed by atoms with E-state index in [9.17, 15) is 9.90 Å². The molecule has 104 valence electrons. The highest BCUT2D eigenvalue weighted by atomic mass is 16.5. The minimum absolute atomic E-state index is 0.0515. The average molecular weight is 272 g/mol. The molecule has 1 heterocycles. The third kappa shape index (κ3) is 3.06. The fraction of sp³-hybridized carbons (Fsp3) is 0.200. The third-order valence-electron chi connectivity index (χ3n) is 2.72. The molecule has 0 radical (unpaired) electrons. The molecule has 0 aliphatic heterocycles. The summed E-state index contributed by atoms with van der Waals surface area (Å²) in [5.41, 5.74) is 1.79. The molecule has 1 N–H and O–H groups in total. The number of carbonyl (C=O) groups is 1. The summed E-state index contributed by atoms with van der Waals surface area (Å²) in [5, 5.41) is 13.3. The predicted molar refractivity (Wildman–Crippen MR) is 75.4 cm³/mol. The zero-order valence-corrected chi connectivity index (χ0v) is 11.2. The van der Waals surface area contributed by atoms with Gasteiger partial charge in [-0.2, -0.15) is 5.10 Å². The monoisotopic (exact) mass is 272 g/mol. The van der Waals surface area contributed by atoms with E-state index in [1.165, 1.54) is 10.9 Å². The molecule has 0 atom stereocenters. The van der Waals surface area contributed by atoms with Crippen molar-refractivity contribution < 1.29 is 14.6 Å². The number of carboxylic acids is 1. The fourth-order valence-corrected chi connectivity index (χ4v) is 1.70. The van der Waals surface area contributed by atoms with Gasteiger partial charge in [-0.3, -0.25) is 0 Å². The van der Waals surface area contributed by atoms with Crippen LogP contribution in [0.1, 0.15) is 23.7 Å². The SMILES string of the molecule is C=C(C)CCOc1c(C(=O)O)cnn1-c1ccccc1. The summed E-state index contributed by atoms with van der Waals surface area (Å²) in [7, 11) is 0. The van der Waals surface area contributed by atoms with E-state index in [0.29, 0.717) is 13.0 Å². The molecular weight excluding hydrogens is 256 g/mol. The number of carboxylic acid groups (broad SMARTS) is 1. The summed E-state index contributed by atoms with van der Waals surface area (Å²) in [5.74, 6) is -0.817. The number of aromatic carboxylic acids is 1. The van der Waals surface area contributed by atoms with E-state index in [4.69, 9.17) is 4.74 Å². The molecule has 0 aliphatic rings. The number of nitrogens with zero attached hydrogens (tertiary/aromatic N) is 2. The molecule has 0 aliphatic carbocycles. The first-order chi connectivity index (χ1) is 9.59. The van der Waals surface area contributed by atoms with E-state index < -0.39 is 5.97 Å². The summed E-state index contributed by atoms with van der Waals surface area (Å²) in [6.45, 7) is 6.06. The first kappa shape index (κ1) is 13.9. The van der Waals surface area contributed by atoms with Gasteiger partial charge in [0.1, 0.15) is 5.56 Å². The minimum Gasteiger partial charge on any atom is -0.477 e. The third-order valence-corrected chi connectivity index (χ3v) is 2.72. The maximum Gasteiger partial charge on any atom is 0.342 e. The van der Waals surface area contributed by atoms with E-state index in [2.05, 4.69) is 11.7 Å². The van der Waals surface area contributed by atoms with Gasteiger partial charge in [0.05, 0.1) is 18.5 Å². The van der Waals surface area contributed by atoms with Crippen molar-refractivity contribution in [3.63, 3.8) is 0 Å². The van der Waals surface area contributed by atoms with Crippen LogP contribution in [0.25, 0.3) is 5.69 Å². The molecule has 0 fully saturated rings. The number of para-hydroxylation sites is 1. The Kier molecular flexibility index (Phi) is 4.20. The van der Waals surface area contributed by atoms with Gasteiger partial charge in [-0.15, -0.1) is 6.58 Å². The van der Waals surface area contributed by atoms with Gasteiger partial charge in [0.25, 0.3) is 0 Å². The summed E-state index contributed by atoms with van der Waals surface area (Å²) < 4.78 is 7.08. The number of aromatic nitrogens is 2. The topological polar surface area (TPSA) is 64.3 Å². The van der Waals surface area contributed by atoms with Crippen molar-refractivity contribution >= 4 is 5.97 Å². The number of rotatable bonds is 6. The van der Waals surface area contributed by atoms with Gasteiger partial charge in [0, 0.05) is 6.42 Å². The molecule has 5 heteroatoms. The quantitative estimate of drug-likeness (QED) is 0.821. The van der Waals surface area contributed by atoms with Crippen LogP contribution in [0.15, 0.2) is 48.7 Å². The first-order valence-corrected chi connectivity index (χ1v) is 6.23. The van der Waals surface area contributed by atoms with Crippen molar-refractivity contribution in [2.24, 2.45) is 0 Å². The lowest BCUT2D eigenvalue weighted by Crippen LogP contribution is -2.08. The minimum atomic E-state index is -1.06. The zero-order valence-electron chi connectivity index (χ0n) is 11.2. The average Bonchev–Trinajstić information content (AvgIpc) is 2.83. The number of hydrogen-bond acceptors (Lipinski definition) is 3. The van der Waals surface area contributed by atoms with Crippen molar-refractivity contribution in [2.75, 3.05) is 6.61 Å². The summed E-state index contributed by atoms with van der Waals surface area (Å²) >= 11 is 0. The van der Waals surface area contributed by atoms with Crippen molar-refractivity contribution in [3.8, 4) is 11.6 Å². The molecule has 0 bridgehead atoms. The van der Waals surface area contributed by atoms with Gasteiger partial charge in [-0.1, -0.05) is 23.8 Å². The van der Waals surface area contributed by atoms with Crippen LogP contribution in [-0.2, 0) is 0 Å². The summed E-state index contributed by atoms with van der Waals surface area (Å²) in [6, 6.07) is 9.27. The van der Waals surface area contributed by atoms with Crippen molar-refractivity contribution in [2.45, 2.75) is 13.3 Å². The number of benzene rings is 1. The molecule has 2 aromatic rings. The Bertz CT molecular complexity index is 617. The van der Waals surface area contributed by atoms with E-state index in [1.807, 2.05) is 37.3 Å². The van der Waals surface area contributed by atoms with Gasteiger partial charge in [0.2, 0.25) is 5.88 Å². The summed E-state index contributed by atoms with van der Waals surface area (Å²) in [6.07, 6.45) is 1.96. The molecule has 0 spiro atoms. The van der Waals surface area contributed by atoms with E-state index in [1.54, 1.807) is 0 Å². The molecule has 0 unspecified atom stereocenters. The molecule has 0 saturated carbocycles. The van der Waals surface area contributed by atoms with Crippen molar-refractivity contribution in [3.05, 3.63) is 54.2 Å². The Morgan fingerprint density at radius 1 is 1.40 bits per heavy atom. The highest BCUT2D eigenvalue weighted by Gasteiger charge is 2.19. The Balaban J connectivity index is 2.32. The maximum absolute atomic E-state index is 11.2. The van der Waals surface area contributed by atoms with E-state index >= 15 is 0 Å². The van der Waals surface area contributed by atoms with Crippen LogP contribution in [0.2, 0.25) is 0 Å². The maximum atomic E-state index is 11.2. The normalized spacial score (nSPS) is 10.2. The van der Waals surface area contributed by atoms with Crippen LogP contribution in [0, 0.1) is 0 Å². The van der Waals surface area contributed by atoms with Gasteiger partial charge in [-0.25, -0.2) is 9.48 Å². The van der Waals surface area contributed by atoms with Gasteiger partial charge < -0.3 is 9.84 Å². The highest BCUT2D eigenvalue weighted by molar-refractivity contribution is 5.90. The smallest absolute Gasteiger partial charge is 0.342 e. The Labute approximate surface area is 117 Å². The predicted octanol–water partition coefficient (Wildman–Crippen LogP) is 2.92. The number of hydrogen-bond donors (Lipinski definition) is 1. The lowest BCUT2D eigenvalue weighted by atomic mass is 10.2. The van der Waals surface area contributed by atoms with Crippen LogP contribution < -0.4 is 4.74 Å². The van der Waals surface area contributed by atoms with Gasteiger partial charge in [0.15, 0.2) is 0 Å². The van der Waals surface area contributed by atoms with E-state index in [-0.39, 0.29) is 11.4 Å². The molecule has 5 nitrogen and oxygen atoms in total. The molecule has 0 amide bonds. The van der Waals surface area contributed by atoms with Gasteiger partial charge in [-0.05, 0) is 19.1 Å². The highest BCUT2D eigenvalue weighted by Crippen LogP contribution is 2.23. The molecule has 0 saturated heterocycles. The number of ether oxygens (including phenoxy) is 1. The standard InChI is InChI=1S/C15H16N2O3/c1-11(2)8-9-20-14-13(15(18)19)10-16-17(14)12-6-4-3-5-7-12/h3-7,10H,1,8-9H2,2H3,(H,18,19). The first-order valence-electron chi connectivity index (χ1n) is 6.23. The van der Waals surface area contributed by atoms with Crippen LogP contribution in [0.5, 0.6) is 5.88 Å². The largest absolute Gasteiger partial charge is 0.477 e. The lowest BCUT2D eigenvalue weighted by Gasteiger charge is -2.10. The van der Waals surface area contributed by atoms with E-state index in [0.717, 1.165) is 11.3 Å². The second-order valence-electron chi connectivity index (χ2n) is 4.47. The van der Waals surface area contributed by atoms with Crippen LogP contribution in [0.4, 0.5) is 0 Å². The summed E-state index contributed by atoms with van der Waals surface area (Å²) in [4.78, 5) is 11.2. The fourth-order valence-electron chi connectivity index (χ4n) is 1.70. The Morgan fingerprint density at radius 3 is 2.70 bits per heavy atom. The molecule has 20 heavy (non-hydrogen) atoms. The second-order valence-corrected chi connectivity index (χ2v) is 4.47. The van der Waals surface area contributed by atoms with Crippen LogP contribution in [-0.4, -0.2) is 27.5 Å². The molecule has 1 aromatic heterocycles. The van der Waals surface area contributed by atoms with Crippen LogP contribution >= 0.6 is 0 Å². The second kappa shape index (κ2) is 6.06.